The lowest BCUT2D eigenvalue weighted by atomic mass is 10.0. The van der Waals surface area contributed by atoms with Crippen molar-refractivity contribution in [1.29, 1.82) is 0 Å². The Labute approximate surface area is 176 Å². The number of nitrogens with one attached hydrogen (secondary N) is 1. The highest BCUT2D eigenvalue weighted by Crippen LogP contribution is 2.36. The SMILES string of the molecule is CCOc1cc(/C=C2\C(=O)NC(=O)N(c3ccccc3CC)C2=O)cc(Br)c1O. The molecule has 1 heterocycles. The lowest BCUT2D eigenvalue weighted by molar-refractivity contribution is -0.122. The minimum absolute atomic E-state index is 0.0814. The third kappa shape index (κ3) is 4.02. The first kappa shape index (κ1) is 20.6. The van der Waals surface area contributed by atoms with Crippen molar-refractivity contribution in [3.05, 3.63) is 57.6 Å². The molecule has 1 saturated heterocycles. The minimum Gasteiger partial charge on any atom is -0.503 e. The number of carbonyl (C=O) groups excluding carboxylic acids is 3. The zero-order valence-electron chi connectivity index (χ0n) is 15.9. The molecule has 0 spiro atoms. The lowest BCUT2D eigenvalue weighted by Gasteiger charge is -2.28. The maximum atomic E-state index is 13.1. The average molecular weight is 459 g/mol. The summed E-state index contributed by atoms with van der Waals surface area (Å²) in [6.45, 7) is 4.01. The van der Waals surface area contributed by atoms with Crippen molar-refractivity contribution >= 4 is 45.5 Å². The molecule has 29 heavy (non-hydrogen) atoms. The molecule has 0 radical (unpaired) electrons. The van der Waals surface area contributed by atoms with E-state index in [1.807, 2.05) is 19.1 Å². The van der Waals surface area contributed by atoms with E-state index in [4.69, 9.17) is 4.74 Å². The molecule has 8 heteroatoms. The van der Waals surface area contributed by atoms with Crippen LogP contribution in [0.1, 0.15) is 25.0 Å². The molecule has 0 aliphatic carbocycles. The number of aromatic hydroxyl groups is 1. The first-order valence-corrected chi connectivity index (χ1v) is 9.81. The highest BCUT2D eigenvalue weighted by molar-refractivity contribution is 9.10. The number of ether oxygens (including phenoxy) is 1. The summed E-state index contributed by atoms with van der Waals surface area (Å²) >= 11 is 3.23. The van der Waals surface area contributed by atoms with Crippen LogP contribution in [0.2, 0.25) is 0 Å². The van der Waals surface area contributed by atoms with Gasteiger partial charge in [-0.15, -0.1) is 0 Å². The van der Waals surface area contributed by atoms with Gasteiger partial charge in [-0.25, -0.2) is 9.69 Å². The number of aryl methyl sites for hydroxylation is 1. The maximum absolute atomic E-state index is 13.1. The molecule has 1 fully saturated rings. The van der Waals surface area contributed by atoms with Gasteiger partial charge >= 0.3 is 6.03 Å². The van der Waals surface area contributed by atoms with Gasteiger partial charge in [-0.1, -0.05) is 25.1 Å². The van der Waals surface area contributed by atoms with Gasteiger partial charge in [0.05, 0.1) is 16.8 Å². The molecular formula is C21H19BrN2O5. The zero-order chi connectivity index (χ0) is 21.1. The van der Waals surface area contributed by atoms with Crippen LogP contribution in [0.4, 0.5) is 10.5 Å². The molecule has 1 aliphatic heterocycles. The van der Waals surface area contributed by atoms with Gasteiger partial charge in [0, 0.05) is 0 Å². The number of para-hydroxylation sites is 1. The van der Waals surface area contributed by atoms with Crippen molar-refractivity contribution < 1.29 is 24.2 Å². The van der Waals surface area contributed by atoms with E-state index in [9.17, 15) is 19.5 Å². The number of carbonyl (C=O) groups is 3. The largest absolute Gasteiger partial charge is 0.503 e. The summed E-state index contributed by atoms with van der Waals surface area (Å²) in [5.74, 6) is -1.38. The summed E-state index contributed by atoms with van der Waals surface area (Å²) in [7, 11) is 0. The number of barbiturate groups is 1. The number of rotatable bonds is 5. The number of phenols is 1. The normalized spacial score (nSPS) is 15.6. The molecule has 2 aromatic rings. The summed E-state index contributed by atoms with van der Waals surface area (Å²) in [5, 5.41) is 12.3. The lowest BCUT2D eigenvalue weighted by Crippen LogP contribution is -2.54. The summed E-state index contributed by atoms with van der Waals surface area (Å²) in [4.78, 5) is 38.8. The van der Waals surface area contributed by atoms with E-state index in [2.05, 4.69) is 21.2 Å². The van der Waals surface area contributed by atoms with Crippen LogP contribution in [0.5, 0.6) is 11.5 Å². The van der Waals surface area contributed by atoms with Crippen LogP contribution in [0, 0.1) is 0 Å². The van der Waals surface area contributed by atoms with Gasteiger partial charge in [0.15, 0.2) is 11.5 Å². The number of hydrogen-bond acceptors (Lipinski definition) is 5. The number of anilines is 1. The molecule has 3 rings (SSSR count). The van der Waals surface area contributed by atoms with E-state index in [0.717, 1.165) is 10.5 Å². The van der Waals surface area contributed by atoms with Gasteiger partial charge in [0.2, 0.25) is 0 Å². The second-order valence-electron chi connectivity index (χ2n) is 6.22. The van der Waals surface area contributed by atoms with Crippen LogP contribution in [0.15, 0.2) is 46.4 Å². The minimum atomic E-state index is -0.792. The second-order valence-corrected chi connectivity index (χ2v) is 7.08. The van der Waals surface area contributed by atoms with Gasteiger partial charge in [-0.3, -0.25) is 14.9 Å². The fourth-order valence-corrected chi connectivity index (χ4v) is 3.47. The first-order chi connectivity index (χ1) is 13.9. The van der Waals surface area contributed by atoms with Crippen molar-refractivity contribution in [3.8, 4) is 11.5 Å². The van der Waals surface area contributed by atoms with E-state index in [1.165, 1.54) is 12.1 Å². The molecule has 2 aromatic carbocycles. The van der Waals surface area contributed by atoms with Crippen molar-refractivity contribution in [2.24, 2.45) is 0 Å². The Balaban J connectivity index is 2.06. The predicted molar refractivity (Wildman–Crippen MR) is 112 cm³/mol. The molecule has 150 valence electrons. The molecule has 0 aromatic heterocycles. The topological polar surface area (TPSA) is 95.9 Å². The fraction of sp³-hybridized carbons (Fsp3) is 0.190. The molecule has 7 nitrogen and oxygen atoms in total. The second kappa shape index (κ2) is 8.48. The molecule has 0 bridgehead atoms. The Kier molecular flexibility index (Phi) is 6.03. The molecule has 1 aliphatic rings. The van der Waals surface area contributed by atoms with Crippen molar-refractivity contribution in [3.63, 3.8) is 0 Å². The maximum Gasteiger partial charge on any atom is 0.335 e. The smallest absolute Gasteiger partial charge is 0.335 e. The Morgan fingerprint density at radius 1 is 1.17 bits per heavy atom. The Hall–Kier alpha value is -3.13. The predicted octanol–water partition coefficient (Wildman–Crippen LogP) is 3.78. The standard InChI is InChI=1S/C21H19BrN2O5/c1-3-13-7-5-6-8-16(13)24-20(27)14(19(26)23-21(24)28)9-12-10-15(22)18(25)17(11-12)29-4-2/h5-11,25H,3-4H2,1-2H3,(H,23,26,28)/b14-9+. The average Bonchev–Trinajstić information content (AvgIpc) is 2.69. The summed E-state index contributed by atoms with van der Waals surface area (Å²) in [6, 6.07) is 9.29. The van der Waals surface area contributed by atoms with E-state index >= 15 is 0 Å². The van der Waals surface area contributed by atoms with Gasteiger partial charge in [-0.2, -0.15) is 0 Å². The molecule has 0 saturated carbocycles. The number of nitrogens with zero attached hydrogens (tertiary/aromatic N) is 1. The highest BCUT2D eigenvalue weighted by atomic mass is 79.9. The number of urea groups is 1. The van der Waals surface area contributed by atoms with E-state index < -0.39 is 17.8 Å². The molecule has 4 amide bonds. The monoisotopic (exact) mass is 458 g/mol. The number of halogens is 1. The summed E-state index contributed by atoms with van der Waals surface area (Å²) in [5.41, 5.74) is 1.48. The van der Waals surface area contributed by atoms with Gasteiger partial charge in [0.25, 0.3) is 11.8 Å². The van der Waals surface area contributed by atoms with Crippen molar-refractivity contribution in [2.45, 2.75) is 20.3 Å². The van der Waals surface area contributed by atoms with Crippen LogP contribution in [0.25, 0.3) is 6.08 Å². The summed E-state index contributed by atoms with van der Waals surface area (Å²) in [6.07, 6.45) is 1.97. The Morgan fingerprint density at radius 2 is 1.90 bits per heavy atom. The molecule has 2 N–H and O–H groups in total. The molecule has 0 unspecified atom stereocenters. The van der Waals surface area contributed by atoms with Crippen molar-refractivity contribution in [1.82, 2.24) is 5.32 Å². The van der Waals surface area contributed by atoms with E-state index in [1.54, 1.807) is 25.1 Å². The fourth-order valence-electron chi connectivity index (χ4n) is 3.01. The number of phenolic OH excluding ortho intramolecular Hbond substituents is 1. The Morgan fingerprint density at radius 3 is 2.59 bits per heavy atom. The van der Waals surface area contributed by atoms with Crippen LogP contribution in [-0.4, -0.2) is 29.6 Å². The van der Waals surface area contributed by atoms with Crippen LogP contribution >= 0.6 is 15.9 Å². The van der Waals surface area contributed by atoms with Gasteiger partial charge < -0.3 is 9.84 Å². The number of hydrogen-bond donors (Lipinski definition) is 2. The number of amides is 4. The molecule has 0 atom stereocenters. The Bertz CT molecular complexity index is 1030. The van der Waals surface area contributed by atoms with Crippen LogP contribution < -0.4 is 15.0 Å². The van der Waals surface area contributed by atoms with E-state index in [0.29, 0.717) is 28.8 Å². The first-order valence-electron chi connectivity index (χ1n) is 9.02. The van der Waals surface area contributed by atoms with Gasteiger partial charge in [-0.05, 0) is 64.7 Å². The molecular weight excluding hydrogens is 440 g/mol. The van der Waals surface area contributed by atoms with Crippen LogP contribution in [-0.2, 0) is 16.0 Å². The van der Waals surface area contributed by atoms with Gasteiger partial charge in [0.1, 0.15) is 5.57 Å². The highest BCUT2D eigenvalue weighted by Gasteiger charge is 2.37. The van der Waals surface area contributed by atoms with Crippen molar-refractivity contribution in [2.75, 3.05) is 11.5 Å². The summed E-state index contributed by atoms with van der Waals surface area (Å²) < 4.78 is 5.73. The third-order valence-electron chi connectivity index (χ3n) is 4.38. The number of imide groups is 2. The quantitative estimate of drug-likeness (QED) is 0.524. The van der Waals surface area contributed by atoms with Crippen LogP contribution in [0.3, 0.4) is 0 Å². The number of benzene rings is 2. The van der Waals surface area contributed by atoms with E-state index in [-0.39, 0.29) is 17.1 Å². The third-order valence-corrected chi connectivity index (χ3v) is 4.98. The zero-order valence-corrected chi connectivity index (χ0v) is 17.4.